The molecule has 0 saturated heterocycles. The normalized spacial score (nSPS) is 16.6. The summed E-state index contributed by atoms with van der Waals surface area (Å²) in [6.45, 7) is 9.23. The highest BCUT2D eigenvalue weighted by Crippen LogP contribution is 2.52. The van der Waals surface area contributed by atoms with E-state index in [9.17, 15) is 0 Å². The minimum Gasteiger partial charge on any atom is -0.310 e. The highest BCUT2D eigenvalue weighted by atomic mass is 15.1. The third-order valence-electron chi connectivity index (χ3n) is 9.67. The zero-order valence-corrected chi connectivity index (χ0v) is 26.3. The smallest absolute Gasteiger partial charge is 0.145 e. The van der Waals surface area contributed by atoms with Gasteiger partial charge in [0.05, 0.1) is 11.0 Å². The van der Waals surface area contributed by atoms with E-state index < -0.39 is 0 Å². The molecule has 1 heterocycles. The lowest BCUT2D eigenvalue weighted by molar-refractivity contribution is 0.566. The SMILES string of the molecule is Cc1ccc(-n2c(-c3ccc(N(c4ccccc4)c4ccc5c(c4)C(C)(C)C4=C5C=CC(C)C4)cc3)nc3ccccc32)cc1. The standard InChI is InChI=1S/C42H37N3/c1-28-14-19-33(20-15-28)45-40-13-9-8-12-39(40)43-41(45)30-17-21-32(22-18-30)44(31-10-6-5-7-11-31)34-23-25-36-35-24-16-29(2)26-37(35)42(3,4)38(36)27-34/h5-25,27,29H,26H2,1-4H3. The van der Waals surface area contributed by atoms with E-state index in [1.165, 1.54) is 28.0 Å². The third-order valence-corrected chi connectivity index (χ3v) is 9.67. The highest BCUT2D eigenvalue weighted by Gasteiger charge is 2.38. The molecule has 1 aromatic heterocycles. The molecule has 5 aromatic carbocycles. The number of anilines is 3. The molecule has 0 fully saturated rings. The second kappa shape index (κ2) is 10.5. The minimum atomic E-state index is 0.000965. The first kappa shape index (κ1) is 27.4. The molecule has 0 radical (unpaired) electrons. The number of aryl methyl sites for hydroxylation is 1. The van der Waals surface area contributed by atoms with Crippen LogP contribution in [0, 0.1) is 12.8 Å². The molecule has 6 aromatic rings. The number of aromatic nitrogens is 2. The van der Waals surface area contributed by atoms with Crippen LogP contribution in [0.3, 0.4) is 0 Å². The molecule has 3 heteroatoms. The lowest BCUT2D eigenvalue weighted by atomic mass is 9.76. The second-order valence-electron chi connectivity index (χ2n) is 13.1. The summed E-state index contributed by atoms with van der Waals surface area (Å²) in [6, 6.07) is 43.7. The summed E-state index contributed by atoms with van der Waals surface area (Å²) in [4.78, 5) is 7.48. The van der Waals surface area contributed by atoms with Crippen molar-refractivity contribution in [2.75, 3.05) is 4.90 Å². The fourth-order valence-corrected chi connectivity index (χ4v) is 7.25. The molecule has 0 aliphatic heterocycles. The number of rotatable bonds is 5. The molecule has 3 nitrogen and oxygen atoms in total. The van der Waals surface area contributed by atoms with Crippen molar-refractivity contribution in [3.05, 3.63) is 156 Å². The predicted molar refractivity (Wildman–Crippen MR) is 189 cm³/mol. The largest absolute Gasteiger partial charge is 0.310 e. The van der Waals surface area contributed by atoms with Crippen molar-refractivity contribution in [2.24, 2.45) is 5.92 Å². The van der Waals surface area contributed by atoms with Gasteiger partial charge in [0.2, 0.25) is 0 Å². The second-order valence-corrected chi connectivity index (χ2v) is 13.1. The maximum Gasteiger partial charge on any atom is 0.145 e. The number of benzene rings is 5. The molecule has 0 saturated carbocycles. The summed E-state index contributed by atoms with van der Waals surface area (Å²) >= 11 is 0. The Balaban J connectivity index is 1.22. The van der Waals surface area contributed by atoms with Gasteiger partial charge in [-0.3, -0.25) is 4.57 Å². The Morgan fingerprint density at radius 3 is 2.22 bits per heavy atom. The van der Waals surface area contributed by atoms with E-state index >= 15 is 0 Å². The van der Waals surface area contributed by atoms with Crippen molar-refractivity contribution in [3.63, 3.8) is 0 Å². The van der Waals surface area contributed by atoms with E-state index in [2.05, 4.69) is 171 Å². The van der Waals surface area contributed by atoms with Crippen molar-refractivity contribution in [2.45, 2.75) is 39.5 Å². The van der Waals surface area contributed by atoms with Gasteiger partial charge < -0.3 is 4.90 Å². The minimum absolute atomic E-state index is 0.000965. The van der Waals surface area contributed by atoms with Crippen LogP contribution in [0.4, 0.5) is 17.1 Å². The molecule has 0 spiro atoms. The molecule has 8 rings (SSSR count). The summed E-state index contributed by atoms with van der Waals surface area (Å²) in [7, 11) is 0. The lowest BCUT2D eigenvalue weighted by Crippen LogP contribution is -2.20. The molecule has 0 bridgehead atoms. The van der Waals surface area contributed by atoms with Crippen LogP contribution >= 0.6 is 0 Å². The van der Waals surface area contributed by atoms with Gasteiger partial charge in [-0.2, -0.15) is 0 Å². The van der Waals surface area contributed by atoms with Gasteiger partial charge in [-0.25, -0.2) is 4.98 Å². The van der Waals surface area contributed by atoms with E-state index in [4.69, 9.17) is 4.98 Å². The first-order chi connectivity index (χ1) is 21.9. The maximum atomic E-state index is 5.11. The molecule has 0 amide bonds. The van der Waals surface area contributed by atoms with E-state index in [0.717, 1.165) is 45.9 Å². The maximum absolute atomic E-state index is 5.11. The average Bonchev–Trinajstić information content (AvgIpc) is 3.55. The van der Waals surface area contributed by atoms with Gasteiger partial charge in [-0.1, -0.05) is 92.6 Å². The van der Waals surface area contributed by atoms with Crippen LogP contribution in [0.5, 0.6) is 0 Å². The van der Waals surface area contributed by atoms with Crippen LogP contribution in [-0.2, 0) is 5.41 Å². The summed E-state index contributed by atoms with van der Waals surface area (Å²) in [5.74, 6) is 1.52. The van der Waals surface area contributed by atoms with Crippen LogP contribution in [0.25, 0.3) is 33.7 Å². The quantitative estimate of drug-likeness (QED) is 0.201. The highest BCUT2D eigenvalue weighted by molar-refractivity contribution is 5.89. The summed E-state index contributed by atoms with van der Waals surface area (Å²) in [5, 5.41) is 0. The molecule has 1 unspecified atom stereocenters. The van der Waals surface area contributed by atoms with Crippen LogP contribution < -0.4 is 4.90 Å². The van der Waals surface area contributed by atoms with E-state index in [0.29, 0.717) is 5.92 Å². The molecule has 2 aliphatic rings. The van der Waals surface area contributed by atoms with Crippen LogP contribution in [0.15, 0.2) is 139 Å². The monoisotopic (exact) mass is 583 g/mol. The fraction of sp³-hybridized carbons (Fsp3) is 0.167. The number of allylic oxidation sites excluding steroid dienone is 4. The Morgan fingerprint density at radius 1 is 0.756 bits per heavy atom. The van der Waals surface area contributed by atoms with Crippen LogP contribution in [0.1, 0.15) is 43.9 Å². The van der Waals surface area contributed by atoms with Crippen molar-refractivity contribution in [1.82, 2.24) is 9.55 Å². The summed E-state index contributed by atoms with van der Waals surface area (Å²) < 4.78 is 2.27. The molecule has 0 N–H and O–H groups in total. The van der Waals surface area contributed by atoms with Gasteiger partial charge in [0.15, 0.2) is 0 Å². The van der Waals surface area contributed by atoms with Crippen molar-refractivity contribution >= 4 is 33.7 Å². The van der Waals surface area contributed by atoms with Gasteiger partial charge >= 0.3 is 0 Å². The van der Waals surface area contributed by atoms with Crippen molar-refractivity contribution in [3.8, 4) is 17.1 Å². The summed E-state index contributed by atoms with van der Waals surface area (Å²) in [6.07, 6.45) is 5.84. The Labute approximate surface area is 265 Å². The average molecular weight is 584 g/mol. The molecule has 2 aliphatic carbocycles. The van der Waals surface area contributed by atoms with Gasteiger partial charge in [0, 0.05) is 33.7 Å². The zero-order valence-electron chi connectivity index (χ0n) is 26.3. The molecule has 1 atom stereocenters. The molecule has 220 valence electrons. The molecular weight excluding hydrogens is 546 g/mol. The number of para-hydroxylation sites is 3. The fourth-order valence-electron chi connectivity index (χ4n) is 7.25. The Morgan fingerprint density at radius 2 is 1.44 bits per heavy atom. The van der Waals surface area contributed by atoms with Crippen molar-refractivity contribution in [1.29, 1.82) is 0 Å². The third kappa shape index (κ3) is 4.54. The number of hydrogen-bond acceptors (Lipinski definition) is 2. The number of fused-ring (bicyclic) bond motifs is 3. The van der Waals surface area contributed by atoms with E-state index in [-0.39, 0.29) is 5.41 Å². The number of nitrogens with zero attached hydrogens (tertiary/aromatic N) is 3. The van der Waals surface area contributed by atoms with E-state index in [1.807, 2.05) is 0 Å². The van der Waals surface area contributed by atoms with Gasteiger partial charge in [-0.15, -0.1) is 0 Å². The van der Waals surface area contributed by atoms with Crippen molar-refractivity contribution < 1.29 is 0 Å². The zero-order chi connectivity index (χ0) is 30.7. The van der Waals surface area contributed by atoms with Crippen LogP contribution in [-0.4, -0.2) is 9.55 Å². The number of imidazole rings is 1. The lowest BCUT2D eigenvalue weighted by Gasteiger charge is -2.30. The topological polar surface area (TPSA) is 21.1 Å². The number of hydrogen-bond donors (Lipinski definition) is 0. The van der Waals surface area contributed by atoms with Gasteiger partial charge in [0.1, 0.15) is 5.82 Å². The van der Waals surface area contributed by atoms with Gasteiger partial charge in [-0.05, 0) is 109 Å². The van der Waals surface area contributed by atoms with E-state index in [1.54, 1.807) is 5.57 Å². The Hall–Kier alpha value is -5.15. The first-order valence-corrected chi connectivity index (χ1v) is 16.0. The Kier molecular flexibility index (Phi) is 6.39. The van der Waals surface area contributed by atoms with Gasteiger partial charge in [0.25, 0.3) is 0 Å². The van der Waals surface area contributed by atoms with Crippen LogP contribution in [0.2, 0.25) is 0 Å². The predicted octanol–water partition coefficient (Wildman–Crippen LogP) is 11.1. The molecule has 45 heavy (non-hydrogen) atoms. The molecular formula is C42H37N3. The Bertz CT molecular complexity index is 2110. The first-order valence-electron chi connectivity index (χ1n) is 16.0. The summed E-state index contributed by atoms with van der Waals surface area (Å²) in [5.41, 5.74) is 14.7.